The van der Waals surface area contributed by atoms with Gasteiger partial charge >= 0.3 is 5.97 Å². The molecule has 1 rings (SSSR count). The molecule has 0 atom stereocenters. The van der Waals surface area contributed by atoms with E-state index in [2.05, 4.69) is 4.98 Å². The van der Waals surface area contributed by atoms with Gasteiger partial charge in [-0.2, -0.15) is 0 Å². The van der Waals surface area contributed by atoms with Crippen molar-refractivity contribution in [2.75, 3.05) is 12.5 Å². The summed E-state index contributed by atoms with van der Waals surface area (Å²) >= 11 is 7.24. The topological polar surface area (TPSA) is 59.5 Å². The molecular formula is C15H23ClN2O3S. The minimum absolute atomic E-state index is 0.0185. The first-order chi connectivity index (χ1) is 10.2. The maximum atomic E-state index is 12.6. The highest BCUT2D eigenvalue weighted by atomic mass is 35.5. The van der Waals surface area contributed by atoms with Gasteiger partial charge in [0.1, 0.15) is 5.01 Å². The first kappa shape index (κ1) is 18.9. The number of carbonyl (C=O) groups is 2. The van der Waals surface area contributed by atoms with Gasteiger partial charge in [0, 0.05) is 17.3 Å². The fourth-order valence-electron chi connectivity index (χ4n) is 1.76. The maximum absolute atomic E-state index is 12.6. The van der Waals surface area contributed by atoms with Gasteiger partial charge in [0.15, 0.2) is 5.69 Å². The van der Waals surface area contributed by atoms with Crippen LogP contribution in [0.3, 0.4) is 0 Å². The van der Waals surface area contributed by atoms with E-state index in [0.717, 1.165) is 0 Å². The van der Waals surface area contributed by atoms with E-state index < -0.39 is 11.4 Å². The summed E-state index contributed by atoms with van der Waals surface area (Å²) in [6.07, 6.45) is 0. The summed E-state index contributed by atoms with van der Waals surface area (Å²) in [4.78, 5) is 30.2. The number of ether oxygens (including phenoxy) is 1. The van der Waals surface area contributed by atoms with Crippen LogP contribution in [0.15, 0.2) is 5.38 Å². The van der Waals surface area contributed by atoms with Crippen LogP contribution in [0.2, 0.25) is 0 Å². The average Bonchev–Trinajstić information content (AvgIpc) is 2.92. The molecule has 0 saturated heterocycles. The summed E-state index contributed by atoms with van der Waals surface area (Å²) in [5.74, 6) is -0.208. The van der Waals surface area contributed by atoms with Gasteiger partial charge in [-0.05, 0) is 34.6 Å². The Kier molecular flexibility index (Phi) is 6.81. The van der Waals surface area contributed by atoms with E-state index in [-0.39, 0.29) is 23.5 Å². The molecule has 1 aromatic heterocycles. The van der Waals surface area contributed by atoms with Crippen molar-refractivity contribution in [2.45, 2.75) is 47.2 Å². The number of nitrogens with zero attached hydrogens (tertiary/aromatic N) is 2. The molecule has 0 radical (unpaired) electrons. The van der Waals surface area contributed by atoms with Crippen molar-refractivity contribution in [3.63, 3.8) is 0 Å². The molecule has 0 spiro atoms. The fourth-order valence-corrected chi connectivity index (χ4v) is 2.64. The third kappa shape index (κ3) is 4.68. The smallest absolute Gasteiger partial charge is 0.357 e. The van der Waals surface area contributed by atoms with E-state index in [0.29, 0.717) is 18.2 Å². The van der Waals surface area contributed by atoms with Crippen molar-refractivity contribution in [1.29, 1.82) is 0 Å². The van der Waals surface area contributed by atoms with Crippen molar-refractivity contribution in [3.8, 4) is 0 Å². The van der Waals surface area contributed by atoms with Crippen molar-refractivity contribution in [2.24, 2.45) is 5.41 Å². The quantitative estimate of drug-likeness (QED) is 0.561. The molecular weight excluding hydrogens is 324 g/mol. The summed E-state index contributed by atoms with van der Waals surface area (Å²) in [5, 5.41) is 2.36. The number of halogens is 1. The van der Waals surface area contributed by atoms with Gasteiger partial charge in [0.05, 0.1) is 18.6 Å². The second-order valence-corrected chi connectivity index (χ2v) is 7.10. The number of aromatic nitrogens is 1. The van der Waals surface area contributed by atoms with Gasteiger partial charge in [0.25, 0.3) is 0 Å². The molecule has 1 heterocycles. The highest BCUT2D eigenvalue weighted by molar-refractivity contribution is 7.09. The lowest BCUT2D eigenvalue weighted by molar-refractivity contribution is -0.141. The van der Waals surface area contributed by atoms with E-state index in [1.807, 2.05) is 27.7 Å². The Morgan fingerprint density at radius 1 is 1.45 bits per heavy atom. The Hall–Kier alpha value is -1.14. The minimum atomic E-state index is -0.632. The summed E-state index contributed by atoms with van der Waals surface area (Å²) in [6, 6.07) is 0.0185. The Balaban J connectivity index is 2.89. The highest BCUT2D eigenvalue weighted by Gasteiger charge is 2.33. The number of thiazole rings is 1. The van der Waals surface area contributed by atoms with Crippen LogP contribution < -0.4 is 0 Å². The molecule has 0 N–H and O–H groups in total. The molecule has 7 heteroatoms. The molecule has 0 aliphatic heterocycles. The van der Waals surface area contributed by atoms with Crippen LogP contribution in [0.5, 0.6) is 0 Å². The number of rotatable bonds is 7. The van der Waals surface area contributed by atoms with Crippen LogP contribution in [-0.4, -0.2) is 40.3 Å². The molecule has 124 valence electrons. The predicted molar refractivity (Wildman–Crippen MR) is 88.3 cm³/mol. The third-order valence-electron chi connectivity index (χ3n) is 3.14. The third-order valence-corrected chi connectivity index (χ3v) is 4.64. The number of hydrogen-bond acceptors (Lipinski definition) is 5. The predicted octanol–water partition coefficient (Wildman–Crippen LogP) is 3.32. The largest absolute Gasteiger partial charge is 0.461 e. The number of amides is 1. The Bertz CT molecular complexity index is 529. The number of esters is 1. The Morgan fingerprint density at radius 3 is 2.59 bits per heavy atom. The summed E-state index contributed by atoms with van der Waals surface area (Å²) in [5.41, 5.74) is -0.345. The molecule has 0 bridgehead atoms. The van der Waals surface area contributed by atoms with Crippen LogP contribution >= 0.6 is 22.9 Å². The monoisotopic (exact) mass is 346 g/mol. The average molecular weight is 347 g/mol. The zero-order valence-electron chi connectivity index (χ0n) is 13.7. The zero-order valence-corrected chi connectivity index (χ0v) is 15.3. The minimum Gasteiger partial charge on any atom is -0.461 e. The van der Waals surface area contributed by atoms with Gasteiger partial charge in [-0.15, -0.1) is 22.9 Å². The van der Waals surface area contributed by atoms with E-state index >= 15 is 0 Å². The van der Waals surface area contributed by atoms with Crippen LogP contribution in [0, 0.1) is 5.41 Å². The lowest BCUT2D eigenvalue weighted by atomic mass is 9.93. The summed E-state index contributed by atoms with van der Waals surface area (Å²) in [7, 11) is 0. The highest BCUT2D eigenvalue weighted by Crippen LogP contribution is 2.24. The number of hydrogen-bond donors (Lipinski definition) is 0. The Labute approximate surface area is 140 Å². The standard InChI is InChI=1S/C15H23ClN2O3S/c1-6-21-13(19)11-8-22-12(17-11)7-18(10(2)3)14(20)15(4,5)9-16/h8,10H,6-7,9H2,1-5H3. The van der Waals surface area contributed by atoms with Crippen LogP contribution in [0.1, 0.15) is 50.1 Å². The van der Waals surface area contributed by atoms with Gasteiger partial charge in [-0.1, -0.05) is 0 Å². The lowest BCUT2D eigenvalue weighted by Gasteiger charge is -2.33. The van der Waals surface area contributed by atoms with Crippen LogP contribution in [0.4, 0.5) is 0 Å². The fraction of sp³-hybridized carbons (Fsp3) is 0.667. The molecule has 1 amide bonds. The van der Waals surface area contributed by atoms with Gasteiger partial charge in [-0.25, -0.2) is 9.78 Å². The zero-order chi connectivity index (χ0) is 16.9. The van der Waals surface area contributed by atoms with E-state index in [4.69, 9.17) is 16.3 Å². The molecule has 0 unspecified atom stereocenters. The Morgan fingerprint density at radius 2 is 2.09 bits per heavy atom. The van der Waals surface area contributed by atoms with Crippen molar-refractivity contribution >= 4 is 34.8 Å². The van der Waals surface area contributed by atoms with Crippen LogP contribution in [0.25, 0.3) is 0 Å². The first-order valence-electron chi connectivity index (χ1n) is 7.21. The van der Waals surface area contributed by atoms with Gasteiger partial charge < -0.3 is 9.64 Å². The second-order valence-electron chi connectivity index (χ2n) is 5.89. The molecule has 0 aliphatic carbocycles. The van der Waals surface area contributed by atoms with Gasteiger partial charge in [-0.3, -0.25) is 4.79 Å². The van der Waals surface area contributed by atoms with E-state index in [1.165, 1.54) is 11.3 Å². The second kappa shape index (κ2) is 7.92. The molecule has 0 fully saturated rings. The van der Waals surface area contributed by atoms with Crippen molar-refractivity contribution in [3.05, 3.63) is 16.1 Å². The molecule has 1 aromatic rings. The molecule has 0 aliphatic rings. The molecule has 22 heavy (non-hydrogen) atoms. The number of alkyl halides is 1. The first-order valence-corrected chi connectivity index (χ1v) is 8.63. The van der Waals surface area contributed by atoms with E-state index in [1.54, 1.807) is 17.2 Å². The van der Waals surface area contributed by atoms with E-state index in [9.17, 15) is 9.59 Å². The lowest BCUT2D eigenvalue weighted by Crippen LogP contribution is -2.45. The summed E-state index contributed by atoms with van der Waals surface area (Å²) in [6.45, 7) is 9.96. The molecule has 5 nitrogen and oxygen atoms in total. The molecule has 0 saturated carbocycles. The van der Waals surface area contributed by atoms with Crippen LogP contribution in [-0.2, 0) is 16.1 Å². The van der Waals surface area contributed by atoms with Gasteiger partial charge in [0.2, 0.25) is 5.91 Å². The SMILES string of the molecule is CCOC(=O)c1csc(CN(C(=O)C(C)(C)CCl)C(C)C)n1. The number of carbonyl (C=O) groups excluding carboxylic acids is 2. The maximum Gasteiger partial charge on any atom is 0.357 e. The van der Waals surface area contributed by atoms with Crippen molar-refractivity contribution in [1.82, 2.24) is 9.88 Å². The summed E-state index contributed by atoms with van der Waals surface area (Å²) < 4.78 is 4.92. The molecule has 0 aromatic carbocycles. The van der Waals surface area contributed by atoms with Crippen molar-refractivity contribution < 1.29 is 14.3 Å². The normalized spacial score (nSPS) is 11.6.